The van der Waals surface area contributed by atoms with Crippen molar-refractivity contribution >= 4 is 34.7 Å². The molecule has 24 heavy (non-hydrogen) atoms. The second kappa shape index (κ2) is 6.84. The van der Waals surface area contributed by atoms with Crippen LogP contribution in [0.4, 0.5) is 27.5 Å². The highest BCUT2D eigenvalue weighted by Crippen LogP contribution is 2.30. The molecule has 0 unspecified atom stereocenters. The molecule has 1 aromatic heterocycles. The Labute approximate surface area is 144 Å². The Morgan fingerprint density at radius 2 is 1.88 bits per heavy atom. The minimum Gasteiger partial charge on any atom is -0.339 e. The molecule has 3 aromatic rings. The van der Waals surface area contributed by atoms with Gasteiger partial charge in [0.15, 0.2) is 0 Å². The van der Waals surface area contributed by atoms with Gasteiger partial charge in [-0.05, 0) is 55.3 Å². The monoisotopic (exact) mass is 342 g/mol. The zero-order valence-corrected chi connectivity index (χ0v) is 14.0. The van der Waals surface area contributed by atoms with Crippen LogP contribution in [0.15, 0.2) is 48.7 Å². The summed E-state index contributed by atoms with van der Waals surface area (Å²) < 4.78 is 13.3. The normalized spacial score (nSPS) is 10.5. The number of halogens is 2. The molecule has 0 bridgehead atoms. The van der Waals surface area contributed by atoms with E-state index in [1.54, 1.807) is 24.4 Å². The maximum absolute atomic E-state index is 13.3. The highest BCUT2D eigenvalue weighted by Gasteiger charge is 2.08. The summed E-state index contributed by atoms with van der Waals surface area (Å²) in [7, 11) is 0. The van der Waals surface area contributed by atoms with Crippen molar-refractivity contribution in [3.63, 3.8) is 0 Å². The smallest absolute Gasteiger partial charge is 0.229 e. The van der Waals surface area contributed by atoms with Crippen molar-refractivity contribution in [3.8, 4) is 0 Å². The summed E-state index contributed by atoms with van der Waals surface area (Å²) in [5, 5.41) is 6.81. The van der Waals surface area contributed by atoms with Gasteiger partial charge < -0.3 is 10.6 Å². The molecular weight excluding hydrogens is 327 g/mol. The number of nitrogens with zero attached hydrogens (tertiary/aromatic N) is 2. The number of aryl methyl sites for hydroxylation is 2. The molecule has 2 N–H and O–H groups in total. The first-order valence-corrected chi connectivity index (χ1v) is 7.78. The van der Waals surface area contributed by atoms with Crippen LogP contribution >= 0.6 is 11.6 Å². The molecule has 0 saturated carbocycles. The van der Waals surface area contributed by atoms with Crippen molar-refractivity contribution in [3.05, 3.63) is 70.6 Å². The van der Waals surface area contributed by atoms with Crippen molar-refractivity contribution < 1.29 is 4.39 Å². The molecule has 0 radical (unpaired) electrons. The van der Waals surface area contributed by atoms with E-state index in [2.05, 4.69) is 20.6 Å². The van der Waals surface area contributed by atoms with E-state index in [-0.39, 0.29) is 5.82 Å². The Hall–Kier alpha value is -2.66. The summed E-state index contributed by atoms with van der Waals surface area (Å²) >= 11 is 6.31. The molecule has 0 aliphatic rings. The van der Waals surface area contributed by atoms with Crippen molar-refractivity contribution in [2.45, 2.75) is 13.8 Å². The Kier molecular flexibility index (Phi) is 4.62. The average Bonchev–Trinajstić information content (AvgIpc) is 2.51. The van der Waals surface area contributed by atoms with Gasteiger partial charge >= 0.3 is 0 Å². The molecule has 0 aliphatic heterocycles. The molecule has 4 nitrogen and oxygen atoms in total. The van der Waals surface area contributed by atoms with Crippen LogP contribution in [0.25, 0.3) is 0 Å². The molecule has 0 spiro atoms. The summed E-state index contributed by atoms with van der Waals surface area (Å²) in [6, 6.07) is 11.8. The van der Waals surface area contributed by atoms with Crippen molar-refractivity contribution in [2.24, 2.45) is 0 Å². The largest absolute Gasteiger partial charge is 0.339 e. The molecule has 0 amide bonds. The minimum atomic E-state index is -0.323. The van der Waals surface area contributed by atoms with Crippen LogP contribution in [0.3, 0.4) is 0 Å². The van der Waals surface area contributed by atoms with Gasteiger partial charge in [0.1, 0.15) is 11.6 Å². The first kappa shape index (κ1) is 16.2. The van der Waals surface area contributed by atoms with Crippen LogP contribution in [0.5, 0.6) is 0 Å². The van der Waals surface area contributed by atoms with Crippen LogP contribution in [-0.4, -0.2) is 9.97 Å². The molecule has 122 valence electrons. The number of rotatable bonds is 4. The van der Waals surface area contributed by atoms with Gasteiger partial charge in [-0.3, -0.25) is 0 Å². The van der Waals surface area contributed by atoms with Gasteiger partial charge in [0.2, 0.25) is 5.95 Å². The number of aromatic nitrogens is 2. The number of hydrogen-bond acceptors (Lipinski definition) is 4. The van der Waals surface area contributed by atoms with Gasteiger partial charge in [-0.25, -0.2) is 9.37 Å². The van der Waals surface area contributed by atoms with Gasteiger partial charge in [-0.2, -0.15) is 4.98 Å². The number of benzene rings is 2. The fourth-order valence-electron chi connectivity index (χ4n) is 2.39. The second-order valence-corrected chi connectivity index (χ2v) is 5.87. The maximum Gasteiger partial charge on any atom is 0.229 e. The standard InChI is InChI=1S/C18H16ClFN4/c1-11-8-12(2)17(15(19)9-11)23-16-6-7-21-18(24-16)22-14-5-3-4-13(20)10-14/h3-10H,1-2H3,(H2,21,22,23,24). The van der Waals surface area contributed by atoms with Crippen LogP contribution in [0, 0.1) is 19.7 Å². The van der Waals surface area contributed by atoms with Crippen LogP contribution < -0.4 is 10.6 Å². The zero-order valence-electron chi connectivity index (χ0n) is 13.3. The van der Waals surface area contributed by atoms with Gasteiger partial charge in [0.05, 0.1) is 10.7 Å². The van der Waals surface area contributed by atoms with Crippen molar-refractivity contribution in [2.75, 3.05) is 10.6 Å². The summed E-state index contributed by atoms with van der Waals surface area (Å²) in [4.78, 5) is 8.53. The lowest BCUT2D eigenvalue weighted by Crippen LogP contribution is -2.02. The van der Waals surface area contributed by atoms with Crippen molar-refractivity contribution in [1.82, 2.24) is 9.97 Å². The van der Waals surface area contributed by atoms with E-state index in [1.165, 1.54) is 12.1 Å². The Balaban J connectivity index is 1.83. The van der Waals surface area contributed by atoms with Crippen LogP contribution in [0.2, 0.25) is 5.02 Å². The van der Waals surface area contributed by atoms with E-state index in [0.717, 1.165) is 16.8 Å². The molecule has 0 atom stereocenters. The van der Waals surface area contributed by atoms with Crippen LogP contribution in [-0.2, 0) is 0 Å². The van der Waals surface area contributed by atoms with Gasteiger partial charge in [0, 0.05) is 11.9 Å². The van der Waals surface area contributed by atoms with Crippen LogP contribution in [0.1, 0.15) is 11.1 Å². The molecular formula is C18H16ClFN4. The molecule has 0 saturated heterocycles. The third-order valence-electron chi connectivity index (χ3n) is 3.42. The SMILES string of the molecule is Cc1cc(C)c(Nc2ccnc(Nc3cccc(F)c3)n2)c(Cl)c1. The third kappa shape index (κ3) is 3.81. The first-order chi connectivity index (χ1) is 11.5. The Morgan fingerprint density at radius 1 is 1.04 bits per heavy atom. The topological polar surface area (TPSA) is 49.8 Å². The average molecular weight is 343 g/mol. The molecule has 6 heteroatoms. The summed E-state index contributed by atoms with van der Waals surface area (Å²) in [6.07, 6.45) is 1.62. The third-order valence-corrected chi connectivity index (χ3v) is 3.72. The highest BCUT2D eigenvalue weighted by molar-refractivity contribution is 6.33. The minimum absolute atomic E-state index is 0.323. The number of hydrogen-bond donors (Lipinski definition) is 2. The first-order valence-electron chi connectivity index (χ1n) is 7.41. The van der Waals surface area contributed by atoms with Gasteiger partial charge in [-0.1, -0.05) is 23.7 Å². The molecule has 3 rings (SSSR count). The fourth-order valence-corrected chi connectivity index (χ4v) is 2.75. The summed E-state index contributed by atoms with van der Waals surface area (Å²) in [6.45, 7) is 3.97. The summed E-state index contributed by atoms with van der Waals surface area (Å²) in [5.74, 6) is 0.639. The van der Waals surface area contributed by atoms with E-state index < -0.39 is 0 Å². The molecule has 0 fully saturated rings. The Morgan fingerprint density at radius 3 is 2.62 bits per heavy atom. The molecule has 2 aromatic carbocycles. The van der Waals surface area contributed by atoms with E-state index in [0.29, 0.717) is 22.5 Å². The lowest BCUT2D eigenvalue weighted by molar-refractivity contribution is 0.628. The van der Waals surface area contributed by atoms with E-state index in [1.807, 2.05) is 26.0 Å². The van der Waals surface area contributed by atoms with Gasteiger partial charge in [-0.15, -0.1) is 0 Å². The van der Waals surface area contributed by atoms with E-state index in [4.69, 9.17) is 11.6 Å². The number of nitrogens with one attached hydrogen (secondary N) is 2. The quantitative estimate of drug-likeness (QED) is 0.669. The van der Waals surface area contributed by atoms with E-state index >= 15 is 0 Å². The second-order valence-electron chi connectivity index (χ2n) is 5.46. The van der Waals surface area contributed by atoms with Gasteiger partial charge in [0.25, 0.3) is 0 Å². The fraction of sp³-hybridized carbons (Fsp3) is 0.111. The Bertz CT molecular complexity index is 859. The number of anilines is 4. The molecule has 1 heterocycles. The summed E-state index contributed by atoms with van der Waals surface area (Å²) in [5.41, 5.74) is 3.51. The molecule has 0 aliphatic carbocycles. The lowest BCUT2D eigenvalue weighted by Gasteiger charge is -2.13. The van der Waals surface area contributed by atoms with E-state index in [9.17, 15) is 4.39 Å². The maximum atomic E-state index is 13.3. The predicted molar refractivity (Wildman–Crippen MR) is 95.9 cm³/mol. The zero-order chi connectivity index (χ0) is 17.1. The predicted octanol–water partition coefficient (Wildman–Crippen LogP) is 5.37. The lowest BCUT2D eigenvalue weighted by atomic mass is 10.1. The highest BCUT2D eigenvalue weighted by atomic mass is 35.5. The van der Waals surface area contributed by atoms with Crippen molar-refractivity contribution in [1.29, 1.82) is 0 Å².